The standard InChI is InChI=1S/C24H34N4O8/c1-14(26-19(29)16-8-6-15(7-9-16)18(25)27-33)20(30)28-12-10-17(11-13-28)35-22(21(31)34-5)36-23(32)24(2,3)4/h6-9,14,17,22,33H,10-13H2,1-5H3,(H2,25,27)(H,26,29). The second kappa shape index (κ2) is 12.3. The van der Waals surface area contributed by atoms with E-state index in [0.29, 0.717) is 37.1 Å². The van der Waals surface area contributed by atoms with Crippen molar-refractivity contribution in [3.8, 4) is 0 Å². The number of carbonyl (C=O) groups excluding carboxylic acids is 4. The molecule has 2 atom stereocenters. The van der Waals surface area contributed by atoms with Crippen molar-refractivity contribution in [3.05, 3.63) is 35.4 Å². The zero-order chi connectivity index (χ0) is 27.0. The lowest BCUT2D eigenvalue weighted by molar-refractivity contribution is -0.215. The summed E-state index contributed by atoms with van der Waals surface area (Å²) < 4.78 is 15.6. The number of likely N-dealkylation sites (tertiary alicyclic amines) is 1. The highest BCUT2D eigenvalue weighted by atomic mass is 16.7. The molecule has 0 bridgehead atoms. The van der Waals surface area contributed by atoms with Crippen LogP contribution in [0.3, 0.4) is 0 Å². The SMILES string of the molecule is COC(=O)C(OC(=O)C(C)(C)C)OC1CCN(C(=O)C(C)NC(=O)c2ccc(/C(N)=N/O)cc2)CC1. The van der Waals surface area contributed by atoms with Crippen molar-refractivity contribution in [2.45, 2.75) is 59.0 Å². The van der Waals surface area contributed by atoms with E-state index in [4.69, 9.17) is 20.4 Å². The smallest absolute Gasteiger partial charge is 0.376 e. The molecular formula is C24H34N4O8. The molecule has 1 heterocycles. The summed E-state index contributed by atoms with van der Waals surface area (Å²) in [4.78, 5) is 51.2. The van der Waals surface area contributed by atoms with Crippen LogP contribution in [0.25, 0.3) is 0 Å². The number of nitrogens with two attached hydrogens (primary N) is 1. The number of benzene rings is 1. The molecule has 36 heavy (non-hydrogen) atoms. The fourth-order valence-electron chi connectivity index (χ4n) is 3.35. The fraction of sp³-hybridized carbons (Fsp3) is 0.542. The normalized spacial score (nSPS) is 16.6. The van der Waals surface area contributed by atoms with Crippen LogP contribution in [0.2, 0.25) is 0 Å². The number of oxime groups is 1. The average molecular weight is 507 g/mol. The first-order valence-corrected chi connectivity index (χ1v) is 11.5. The van der Waals surface area contributed by atoms with E-state index in [1.54, 1.807) is 32.6 Å². The van der Waals surface area contributed by atoms with Gasteiger partial charge in [-0.2, -0.15) is 0 Å². The van der Waals surface area contributed by atoms with E-state index in [0.717, 1.165) is 0 Å². The zero-order valence-corrected chi connectivity index (χ0v) is 21.1. The minimum absolute atomic E-state index is 0.0804. The molecule has 1 aromatic rings. The van der Waals surface area contributed by atoms with E-state index >= 15 is 0 Å². The summed E-state index contributed by atoms with van der Waals surface area (Å²) in [5.41, 5.74) is 5.46. The van der Waals surface area contributed by atoms with E-state index in [1.807, 2.05) is 0 Å². The number of carbonyl (C=O) groups is 4. The Hall–Kier alpha value is -3.67. The van der Waals surface area contributed by atoms with Gasteiger partial charge < -0.3 is 35.4 Å². The summed E-state index contributed by atoms with van der Waals surface area (Å²) in [5, 5.41) is 14.3. The van der Waals surface area contributed by atoms with Gasteiger partial charge in [0.05, 0.1) is 18.6 Å². The van der Waals surface area contributed by atoms with E-state index in [-0.39, 0.29) is 11.7 Å². The number of piperidine rings is 1. The molecule has 1 saturated heterocycles. The molecule has 0 saturated carbocycles. The Kier molecular flexibility index (Phi) is 9.79. The summed E-state index contributed by atoms with van der Waals surface area (Å²) in [6.07, 6.45) is -1.10. The van der Waals surface area contributed by atoms with Crippen molar-refractivity contribution >= 4 is 29.6 Å². The van der Waals surface area contributed by atoms with Crippen molar-refractivity contribution in [1.82, 2.24) is 10.2 Å². The Morgan fingerprint density at radius 3 is 2.17 bits per heavy atom. The van der Waals surface area contributed by atoms with Crippen LogP contribution >= 0.6 is 0 Å². The van der Waals surface area contributed by atoms with Gasteiger partial charge in [0.15, 0.2) is 5.84 Å². The molecule has 12 nitrogen and oxygen atoms in total. The van der Waals surface area contributed by atoms with Gasteiger partial charge in [-0.3, -0.25) is 14.4 Å². The Morgan fingerprint density at radius 1 is 1.11 bits per heavy atom. The molecule has 0 aromatic heterocycles. The van der Waals surface area contributed by atoms with Gasteiger partial charge in [0.25, 0.3) is 5.91 Å². The van der Waals surface area contributed by atoms with E-state index in [2.05, 4.69) is 15.2 Å². The lowest BCUT2D eigenvalue weighted by Crippen LogP contribution is -2.50. The maximum absolute atomic E-state index is 12.9. The lowest BCUT2D eigenvalue weighted by atomic mass is 9.97. The Morgan fingerprint density at radius 2 is 1.67 bits per heavy atom. The molecule has 1 fully saturated rings. The average Bonchev–Trinajstić information content (AvgIpc) is 2.86. The van der Waals surface area contributed by atoms with Gasteiger partial charge in [0.1, 0.15) is 6.04 Å². The van der Waals surface area contributed by atoms with Crippen molar-refractivity contribution in [2.24, 2.45) is 16.3 Å². The zero-order valence-electron chi connectivity index (χ0n) is 21.1. The van der Waals surface area contributed by atoms with Crippen molar-refractivity contribution < 1.29 is 38.6 Å². The second-order valence-corrected chi connectivity index (χ2v) is 9.43. The summed E-state index contributed by atoms with van der Waals surface area (Å²) in [6, 6.07) is 5.29. The first-order valence-electron chi connectivity index (χ1n) is 11.5. The van der Waals surface area contributed by atoms with Gasteiger partial charge in [0.2, 0.25) is 5.91 Å². The lowest BCUT2D eigenvalue weighted by Gasteiger charge is -2.34. The molecule has 198 valence electrons. The minimum atomic E-state index is -1.49. The van der Waals surface area contributed by atoms with Crippen LogP contribution in [0.4, 0.5) is 0 Å². The number of hydrogen-bond acceptors (Lipinski definition) is 9. The number of methoxy groups -OCH3 is 1. The number of nitrogens with zero attached hydrogens (tertiary/aromatic N) is 2. The molecule has 2 unspecified atom stereocenters. The van der Waals surface area contributed by atoms with Crippen LogP contribution in [0.15, 0.2) is 29.4 Å². The van der Waals surface area contributed by atoms with Crippen molar-refractivity contribution in [3.63, 3.8) is 0 Å². The van der Waals surface area contributed by atoms with Gasteiger partial charge in [-0.25, -0.2) is 4.79 Å². The predicted octanol–water partition coefficient (Wildman–Crippen LogP) is 0.995. The van der Waals surface area contributed by atoms with Gasteiger partial charge in [-0.15, -0.1) is 0 Å². The summed E-state index contributed by atoms with van der Waals surface area (Å²) in [6.45, 7) is 7.23. The number of ether oxygens (including phenoxy) is 3. The Balaban J connectivity index is 1.89. The van der Waals surface area contributed by atoms with Gasteiger partial charge in [-0.1, -0.05) is 17.3 Å². The van der Waals surface area contributed by atoms with E-state index in [9.17, 15) is 19.2 Å². The van der Waals surface area contributed by atoms with Crippen LogP contribution in [-0.4, -0.2) is 78.3 Å². The third-order valence-corrected chi connectivity index (χ3v) is 5.56. The molecule has 1 aromatic carbocycles. The topological polar surface area (TPSA) is 170 Å². The molecule has 1 aliphatic heterocycles. The second-order valence-electron chi connectivity index (χ2n) is 9.43. The molecule has 0 radical (unpaired) electrons. The summed E-state index contributed by atoms with van der Waals surface area (Å²) in [7, 11) is 1.17. The van der Waals surface area contributed by atoms with E-state index < -0.39 is 41.7 Å². The molecule has 12 heteroatoms. The summed E-state index contributed by atoms with van der Waals surface area (Å²) in [5.74, 6) is -2.21. The van der Waals surface area contributed by atoms with Crippen LogP contribution in [0.5, 0.6) is 0 Å². The number of rotatable bonds is 8. The quantitative estimate of drug-likeness (QED) is 0.116. The number of nitrogens with one attached hydrogen (secondary N) is 1. The Bertz CT molecular complexity index is 979. The third-order valence-electron chi connectivity index (χ3n) is 5.56. The van der Waals surface area contributed by atoms with Crippen molar-refractivity contribution in [2.75, 3.05) is 20.2 Å². The maximum atomic E-state index is 12.9. The van der Waals surface area contributed by atoms with Crippen LogP contribution in [0.1, 0.15) is 56.5 Å². The molecule has 2 rings (SSSR count). The molecule has 2 amide bonds. The third kappa shape index (κ3) is 7.67. The predicted molar refractivity (Wildman–Crippen MR) is 128 cm³/mol. The van der Waals surface area contributed by atoms with Gasteiger partial charge in [-0.05, 0) is 52.7 Å². The molecular weight excluding hydrogens is 472 g/mol. The van der Waals surface area contributed by atoms with Crippen LogP contribution in [0, 0.1) is 5.41 Å². The van der Waals surface area contributed by atoms with Gasteiger partial charge in [0, 0.05) is 24.2 Å². The van der Waals surface area contributed by atoms with Gasteiger partial charge >= 0.3 is 18.2 Å². The first kappa shape index (κ1) is 28.6. The largest absolute Gasteiger partial charge is 0.464 e. The molecule has 0 aliphatic carbocycles. The monoisotopic (exact) mass is 506 g/mol. The van der Waals surface area contributed by atoms with E-state index in [1.165, 1.54) is 31.4 Å². The van der Waals surface area contributed by atoms with Crippen molar-refractivity contribution in [1.29, 1.82) is 0 Å². The molecule has 1 aliphatic rings. The molecule has 4 N–H and O–H groups in total. The minimum Gasteiger partial charge on any atom is -0.464 e. The van der Waals surface area contributed by atoms with Crippen LogP contribution < -0.4 is 11.1 Å². The van der Waals surface area contributed by atoms with Crippen LogP contribution in [-0.2, 0) is 28.6 Å². The number of esters is 2. The Labute approximate surface area is 209 Å². The fourth-order valence-corrected chi connectivity index (χ4v) is 3.35. The molecule has 0 spiro atoms. The number of amides is 2. The number of amidine groups is 1. The maximum Gasteiger partial charge on any atom is 0.376 e. The first-order chi connectivity index (χ1) is 16.9. The highest BCUT2D eigenvalue weighted by Gasteiger charge is 2.35. The summed E-state index contributed by atoms with van der Waals surface area (Å²) >= 11 is 0. The number of hydrogen-bond donors (Lipinski definition) is 3. The highest BCUT2D eigenvalue weighted by Crippen LogP contribution is 2.21. The highest BCUT2D eigenvalue weighted by molar-refractivity contribution is 6.00.